The molecule has 1 aliphatic rings. The van der Waals surface area contributed by atoms with Crippen molar-refractivity contribution in [1.82, 2.24) is 0 Å². The lowest BCUT2D eigenvalue weighted by Crippen LogP contribution is -2.06. The summed E-state index contributed by atoms with van der Waals surface area (Å²) < 4.78 is 11.3. The summed E-state index contributed by atoms with van der Waals surface area (Å²) in [4.78, 5) is 30.9. The smallest absolute Gasteiger partial charge is 0.338 e. The fourth-order valence-corrected chi connectivity index (χ4v) is 11.9. The van der Waals surface area contributed by atoms with E-state index in [9.17, 15) is 9.59 Å². The Morgan fingerprint density at radius 1 is 0.418 bits per heavy atom. The van der Waals surface area contributed by atoms with Crippen molar-refractivity contribution >= 4 is 45.8 Å². The molecule has 0 radical (unpaired) electrons. The first kappa shape index (κ1) is 54.5. The van der Waals surface area contributed by atoms with Gasteiger partial charge in [-0.3, -0.25) is 0 Å². The third kappa shape index (κ3) is 19.4. The highest BCUT2D eigenvalue weighted by Gasteiger charge is 2.24. The number of allylic oxidation sites excluding steroid dienone is 2. The zero-order chi connectivity index (χ0) is 47.3. The molecule has 1 aliphatic carbocycles. The molecule has 0 atom stereocenters. The van der Waals surface area contributed by atoms with E-state index in [1.807, 2.05) is 46.9 Å². The van der Waals surface area contributed by atoms with Gasteiger partial charge in [0.25, 0.3) is 0 Å². The molecule has 0 N–H and O–H groups in total. The van der Waals surface area contributed by atoms with Crippen LogP contribution in [0, 0.1) is 13.8 Å². The summed E-state index contributed by atoms with van der Waals surface area (Å²) in [5.74, 6) is -0.445. The van der Waals surface area contributed by atoms with Gasteiger partial charge < -0.3 is 9.47 Å². The predicted molar refractivity (Wildman–Crippen MR) is 291 cm³/mol. The summed E-state index contributed by atoms with van der Waals surface area (Å²) in [6.45, 7) is 10.0. The average molecular weight is 950 g/mol. The molecule has 4 aromatic rings. The fraction of sp³-hybridized carbons (Fsp3) is 0.607. The van der Waals surface area contributed by atoms with Gasteiger partial charge in [-0.15, -0.1) is 22.7 Å². The normalized spacial score (nSPS) is 12.7. The summed E-state index contributed by atoms with van der Waals surface area (Å²) in [7, 11) is 0. The number of benzene rings is 2. The Morgan fingerprint density at radius 2 is 0.701 bits per heavy atom. The van der Waals surface area contributed by atoms with Crippen LogP contribution >= 0.6 is 22.7 Å². The standard InChI is InChI=1S/C61H88O4S2/c1-5-7-9-11-13-15-17-19-21-23-25-27-29-31-44-64-60(62)52-40-36-50(37-41-52)58-46-56(48(3)66-58)54-34-33-35-55(54)57-47-59(67-49(57)4)51-38-42-53(43-39-51)61(63)65-45-32-30-28-26-24-22-20-18-16-14-12-10-8-6-2/h36-43,46-47H,5-35,44-45H2,1-4H3. The van der Waals surface area contributed by atoms with E-state index in [1.165, 1.54) is 196 Å². The van der Waals surface area contributed by atoms with Crippen LogP contribution in [-0.2, 0) is 9.47 Å². The summed E-state index contributed by atoms with van der Waals surface area (Å²) in [6.07, 6.45) is 40.2. The van der Waals surface area contributed by atoms with Gasteiger partial charge in [0.1, 0.15) is 0 Å². The second-order valence-electron chi connectivity index (χ2n) is 19.6. The molecule has 0 spiro atoms. The summed E-state index contributed by atoms with van der Waals surface area (Å²) >= 11 is 3.67. The van der Waals surface area contributed by atoms with Gasteiger partial charge in [0.2, 0.25) is 0 Å². The van der Waals surface area contributed by atoms with Gasteiger partial charge in [0.05, 0.1) is 24.3 Å². The Hall–Kier alpha value is -3.48. The minimum atomic E-state index is -0.223. The topological polar surface area (TPSA) is 52.6 Å². The second kappa shape index (κ2) is 32.4. The van der Waals surface area contributed by atoms with Crippen LogP contribution in [0.25, 0.3) is 32.0 Å². The van der Waals surface area contributed by atoms with E-state index >= 15 is 0 Å². The molecule has 2 heterocycles. The molecule has 2 aromatic heterocycles. The van der Waals surface area contributed by atoms with Gasteiger partial charge in [0, 0.05) is 19.5 Å². The molecule has 67 heavy (non-hydrogen) atoms. The fourth-order valence-electron chi connectivity index (χ4n) is 9.82. The predicted octanol–water partition coefficient (Wildman–Crippen LogP) is 20.1. The maximum absolute atomic E-state index is 12.9. The Morgan fingerprint density at radius 3 is 1.00 bits per heavy atom. The van der Waals surface area contributed by atoms with Gasteiger partial charge in [-0.2, -0.15) is 0 Å². The van der Waals surface area contributed by atoms with Crippen LogP contribution in [0.4, 0.5) is 0 Å². The largest absolute Gasteiger partial charge is 0.462 e. The minimum Gasteiger partial charge on any atom is -0.462 e. The summed E-state index contributed by atoms with van der Waals surface area (Å²) in [5, 5.41) is 0. The van der Waals surface area contributed by atoms with Crippen LogP contribution in [0.15, 0.2) is 60.7 Å². The van der Waals surface area contributed by atoms with Crippen molar-refractivity contribution in [2.75, 3.05) is 13.2 Å². The number of carbonyl (C=O) groups excluding carboxylic acids is 2. The number of hydrogen-bond donors (Lipinski definition) is 0. The first-order valence-electron chi connectivity index (χ1n) is 27.4. The highest BCUT2D eigenvalue weighted by molar-refractivity contribution is 7.16. The molecule has 0 amide bonds. The first-order valence-corrected chi connectivity index (χ1v) is 29.0. The quantitative estimate of drug-likeness (QED) is 0.0337. The lowest BCUT2D eigenvalue weighted by Gasteiger charge is -2.08. The Kier molecular flexibility index (Phi) is 26.3. The maximum atomic E-state index is 12.9. The number of unbranched alkanes of at least 4 members (excludes halogenated alkanes) is 26. The maximum Gasteiger partial charge on any atom is 0.338 e. The SMILES string of the molecule is CCCCCCCCCCCCCCCCOC(=O)c1ccc(-c2cc(C3=C(c4cc(-c5ccc(C(=O)OCCCCCCCCCCCCCCCC)cc5)sc4C)CCC3)c(C)s2)cc1. The van der Waals surface area contributed by atoms with Gasteiger partial charge in [-0.05, 0) is 116 Å². The molecule has 4 nitrogen and oxygen atoms in total. The molecule has 2 aromatic carbocycles. The summed E-state index contributed by atoms with van der Waals surface area (Å²) in [5.41, 5.74) is 9.16. The molecule has 0 bridgehead atoms. The zero-order valence-corrected chi connectivity index (χ0v) is 44.2. The van der Waals surface area contributed by atoms with Crippen LogP contribution in [0.1, 0.15) is 254 Å². The zero-order valence-electron chi connectivity index (χ0n) is 42.6. The van der Waals surface area contributed by atoms with E-state index in [2.05, 4.69) is 64.1 Å². The van der Waals surface area contributed by atoms with E-state index in [0.29, 0.717) is 24.3 Å². The van der Waals surface area contributed by atoms with Crippen molar-refractivity contribution in [3.05, 3.63) is 92.7 Å². The van der Waals surface area contributed by atoms with Crippen molar-refractivity contribution in [3.63, 3.8) is 0 Å². The third-order valence-electron chi connectivity index (χ3n) is 14.0. The lowest BCUT2D eigenvalue weighted by molar-refractivity contribution is 0.0488. The van der Waals surface area contributed by atoms with Crippen molar-refractivity contribution in [3.8, 4) is 20.9 Å². The van der Waals surface area contributed by atoms with Crippen molar-refractivity contribution in [1.29, 1.82) is 0 Å². The number of rotatable bonds is 36. The molecule has 0 aliphatic heterocycles. The molecule has 6 heteroatoms. The van der Waals surface area contributed by atoms with Crippen molar-refractivity contribution in [2.24, 2.45) is 0 Å². The minimum absolute atomic E-state index is 0.223. The molecule has 0 saturated heterocycles. The number of esters is 2. The van der Waals surface area contributed by atoms with Crippen LogP contribution in [0.5, 0.6) is 0 Å². The van der Waals surface area contributed by atoms with E-state index < -0.39 is 0 Å². The molecule has 5 rings (SSSR count). The number of thiophene rings is 2. The van der Waals surface area contributed by atoms with Crippen LogP contribution in [0.3, 0.4) is 0 Å². The Labute approximate surface area is 416 Å². The molecule has 0 unspecified atom stereocenters. The van der Waals surface area contributed by atoms with Crippen molar-refractivity contribution < 1.29 is 19.1 Å². The van der Waals surface area contributed by atoms with E-state index in [4.69, 9.17) is 9.47 Å². The van der Waals surface area contributed by atoms with Crippen molar-refractivity contribution in [2.45, 2.75) is 227 Å². The van der Waals surface area contributed by atoms with Gasteiger partial charge >= 0.3 is 11.9 Å². The number of aryl methyl sites for hydroxylation is 2. The van der Waals surface area contributed by atoms with Gasteiger partial charge in [-0.25, -0.2) is 9.59 Å². The van der Waals surface area contributed by atoms with Gasteiger partial charge in [-0.1, -0.05) is 205 Å². The second-order valence-corrected chi connectivity index (χ2v) is 22.1. The van der Waals surface area contributed by atoms with E-state index in [-0.39, 0.29) is 11.9 Å². The molecule has 0 saturated carbocycles. The lowest BCUT2D eigenvalue weighted by atomic mass is 9.96. The van der Waals surface area contributed by atoms with Crippen LogP contribution < -0.4 is 0 Å². The molecular formula is C61H88O4S2. The van der Waals surface area contributed by atoms with Gasteiger partial charge in [0.15, 0.2) is 0 Å². The number of ether oxygens (including phenoxy) is 2. The number of carbonyl (C=O) groups is 2. The average Bonchev–Trinajstić information content (AvgIpc) is 4.09. The first-order chi connectivity index (χ1) is 32.9. The number of hydrogen-bond acceptors (Lipinski definition) is 6. The highest BCUT2D eigenvalue weighted by atomic mass is 32.1. The Balaban J connectivity index is 1.01. The highest BCUT2D eigenvalue weighted by Crippen LogP contribution is 2.47. The molecular weight excluding hydrogens is 861 g/mol. The van der Waals surface area contributed by atoms with E-state index in [0.717, 1.165) is 56.1 Å². The third-order valence-corrected chi connectivity index (χ3v) is 16.2. The monoisotopic (exact) mass is 949 g/mol. The van der Waals surface area contributed by atoms with E-state index in [1.54, 1.807) is 0 Å². The molecule has 0 fully saturated rings. The summed E-state index contributed by atoms with van der Waals surface area (Å²) in [6, 6.07) is 20.7. The van der Waals surface area contributed by atoms with Crippen LogP contribution in [-0.4, -0.2) is 25.2 Å². The van der Waals surface area contributed by atoms with Crippen LogP contribution in [0.2, 0.25) is 0 Å². The molecule has 368 valence electrons. The Bertz CT molecular complexity index is 1870.